The molecule has 1 fully saturated rings. The normalized spacial score (nSPS) is 15.4. The Morgan fingerprint density at radius 3 is 2.61 bits per heavy atom. The van der Waals surface area contributed by atoms with Crippen molar-refractivity contribution in [2.24, 2.45) is 0 Å². The van der Waals surface area contributed by atoms with E-state index in [1.165, 1.54) is 6.33 Å². The van der Waals surface area contributed by atoms with Gasteiger partial charge in [-0.3, -0.25) is 10.2 Å². The van der Waals surface area contributed by atoms with Crippen LogP contribution in [0.1, 0.15) is 17.5 Å². The van der Waals surface area contributed by atoms with Crippen LogP contribution in [-0.2, 0) is 4.79 Å². The summed E-state index contributed by atoms with van der Waals surface area (Å²) in [5.41, 5.74) is 7.49. The number of nitrogens with zero attached hydrogens (tertiary/aromatic N) is 4. The van der Waals surface area contributed by atoms with Gasteiger partial charge >= 0.3 is 0 Å². The van der Waals surface area contributed by atoms with Crippen LogP contribution in [0.5, 0.6) is 11.5 Å². The second-order valence-corrected chi connectivity index (χ2v) is 8.88. The highest BCUT2D eigenvalue weighted by Gasteiger charge is 2.27. The molecule has 0 radical (unpaired) electrons. The van der Waals surface area contributed by atoms with E-state index < -0.39 is 0 Å². The lowest BCUT2D eigenvalue weighted by Crippen LogP contribution is -2.31. The highest BCUT2D eigenvalue weighted by Crippen LogP contribution is 2.26. The van der Waals surface area contributed by atoms with E-state index in [1.54, 1.807) is 6.08 Å². The van der Waals surface area contributed by atoms with Crippen molar-refractivity contribution in [3.8, 4) is 11.5 Å². The maximum Gasteiger partial charge on any atom is 0.246 e. The molecule has 2 aromatic carbocycles. The summed E-state index contributed by atoms with van der Waals surface area (Å²) in [5, 5.41) is 12.2. The SMILES string of the molecule is CN(C)C/C=C/C(=O)N1CCC(Nc2ncnc(N)c2C(=N)c2ccc(Oc3ccccc3)cc2)C1. The summed E-state index contributed by atoms with van der Waals surface area (Å²) >= 11 is 0. The summed E-state index contributed by atoms with van der Waals surface area (Å²) in [7, 11) is 3.92. The Kier molecular flexibility index (Phi) is 7.92. The number of aromatic nitrogens is 2. The van der Waals surface area contributed by atoms with Crippen LogP contribution in [0.2, 0.25) is 0 Å². The summed E-state index contributed by atoms with van der Waals surface area (Å²) in [6.45, 7) is 1.92. The zero-order chi connectivity index (χ0) is 25.5. The van der Waals surface area contributed by atoms with Crippen molar-refractivity contribution in [3.63, 3.8) is 0 Å². The first kappa shape index (κ1) is 24.9. The van der Waals surface area contributed by atoms with Crippen LogP contribution in [0.25, 0.3) is 0 Å². The molecule has 1 aliphatic heterocycles. The fourth-order valence-corrected chi connectivity index (χ4v) is 3.96. The zero-order valence-corrected chi connectivity index (χ0v) is 20.5. The first-order valence-electron chi connectivity index (χ1n) is 11.8. The predicted molar refractivity (Wildman–Crippen MR) is 142 cm³/mol. The second-order valence-electron chi connectivity index (χ2n) is 8.88. The number of amides is 1. The number of carbonyl (C=O) groups excluding carboxylic acids is 1. The van der Waals surface area contributed by atoms with Crippen LogP contribution >= 0.6 is 0 Å². The number of hydrogen-bond acceptors (Lipinski definition) is 8. The monoisotopic (exact) mass is 485 g/mol. The lowest BCUT2D eigenvalue weighted by Gasteiger charge is -2.19. The number of likely N-dealkylation sites (tertiary alicyclic amines) is 1. The van der Waals surface area contributed by atoms with Crippen molar-refractivity contribution in [1.29, 1.82) is 5.41 Å². The molecule has 9 heteroatoms. The first-order valence-corrected chi connectivity index (χ1v) is 11.8. The molecule has 1 saturated heterocycles. The Bertz CT molecular complexity index is 1230. The van der Waals surface area contributed by atoms with Gasteiger partial charge < -0.3 is 25.6 Å². The summed E-state index contributed by atoms with van der Waals surface area (Å²) in [5.74, 6) is 2.11. The topological polar surface area (TPSA) is 120 Å². The molecule has 1 aromatic heterocycles. The maximum atomic E-state index is 12.5. The number of carbonyl (C=O) groups is 1. The van der Waals surface area contributed by atoms with E-state index >= 15 is 0 Å². The average molecular weight is 486 g/mol. The molecule has 1 amide bonds. The number of anilines is 2. The lowest BCUT2D eigenvalue weighted by molar-refractivity contribution is -0.125. The van der Waals surface area contributed by atoms with E-state index in [4.69, 9.17) is 15.9 Å². The average Bonchev–Trinajstić information content (AvgIpc) is 3.33. The fourth-order valence-electron chi connectivity index (χ4n) is 3.96. The molecule has 36 heavy (non-hydrogen) atoms. The van der Waals surface area contributed by atoms with Gasteiger partial charge in [0, 0.05) is 37.3 Å². The third-order valence-electron chi connectivity index (χ3n) is 5.82. The van der Waals surface area contributed by atoms with E-state index in [-0.39, 0.29) is 23.5 Å². The van der Waals surface area contributed by atoms with E-state index in [0.717, 1.165) is 12.2 Å². The number of nitrogen functional groups attached to an aromatic ring is 1. The highest BCUT2D eigenvalue weighted by molar-refractivity contribution is 6.16. The molecule has 3 aromatic rings. The third kappa shape index (κ3) is 6.25. The smallest absolute Gasteiger partial charge is 0.246 e. The first-order chi connectivity index (χ1) is 17.4. The Balaban J connectivity index is 1.44. The van der Waals surface area contributed by atoms with Gasteiger partial charge in [0.15, 0.2) is 0 Å². The van der Waals surface area contributed by atoms with E-state index in [1.807, 2.05) is 84.6 Å². The standard InChI is InChI=1S/C27H31N7O2/c1-33(2)15-6-9-23(35)34-16-14-20(17-34)32-27-24(26(29)30-18-31-27)25(28)19-10-12-22(13-11-19)36-21-7-4-3-5-8-21/h3-13,18,20,28H,14-17H2,1-2H3,(H3,29,30,31,32)/b9-6+,28-25?. The summed E-state index contributed by atoms with van der Waals surface area (Å²) in [4.78, 5) is 24.8. The number of benzene rings is 2. The van der Waals surface area contributed by atoms with Crippen LogP contribution in [0.3, 0.4) is 0 Å². The van der Waals surface area contributed by atoms with Crippen molar-refractivity contribution < 1.29 is 9.53 Å². The molecular weight excluding hydrogens is 454 g/mol. The number of likely N-dealkylation sites (N-methyl/N-ethyl adjacent to an activating group) is 1. The molecule has 0 bridgehead atoms. The Hall–Kier alpha value is -4.24. The molecule has 4 N–H and O–H groups in total. The maximum absolute atomic E-state index is 12.5. The number of nitrogens with two attached hydrogens (primary N) is 1. The van der Waals surface area contributed by atoms with Crippen LogP contribution in [0.4, 0.5) is 11.6 Å². The van der Waals surface area contributed by atoms with Gasteiger partial charge in [-0.25, -0.2) is 9.97 Å². The van der Waals surface area contributed by atoms with Gasteiger partial charge in [-0.15, -0.1) is 0 Å². The minimum absolute atomic E-state index is 0.00121. The van der Waals surface area contributed by atoms with Gasteiger partial charge in [0.25, 0.3) is 0 Å². The van der Waals surface area contributed by atoms with Gasteiger partial charge in [-0.1, -0.05) is 24.3 Å². The molecule has 4 rings (SSSR count). The number of nitrogens with one attached hydrogen (secondary N) is 2. The molecule has 0 saturated carbocycles. The second kappa shape index (κ2) is 11.5. The molecule has 2 heterocycles. The number of ether oxygens (including phenoxy) is 1. The summed E-state index contributed by atoms with van der Waals surface area (Å²) in [6, 6.07) is 16.8. The van der Waals surface area contributed by atoms with Gasteiger partial charge in [-0.05, 0) is 56.9 Å². The van der Waals surface area contributed by atoms with Gasteiger partial charge in [-0.2, -0.15) is 0 Å². The molecule has 1 aliphatic rings. The molecular formula is C27H31N7O2. The van der Waals surface area contributed by atoms with Crippen molar-refractivity contribution >= 4 is 23.3 Å². The minimum atomic E-state index is -0.00544. The molecule has 0 aliphatic carbocycles. The van der Waals surface area contributed by atoms with E-state index in [2.05, 4.69) is 15.3 Å². The highest BCUT2D eigenvalue weighted by atomic mass is 16.5. The quantitative estimate of drug-likeness (QED) is 0.314. The largest absolute Gasteiger partial charge is 0.457 e. The molecule has 186 valence electrons. The number of hydrogen-bond donors (Lipinski definition) is 3. The van der Waals surface area contributed by atoms with Crippen molar-refractivity contribution in [2.75, 3.05) is 44.8 Å². The van der Waals surface area contributed by atoms with Gasteiger partial charge in [0.2, 0.25) is 5.91 Å². The predicted octanol–water partition coefficient (Wildman–Crippen LogP) is 3.40. The third-order valence-corrected chi connectivity index (χ3v) is 5.82. The Morgan fingerprint density at radius 2 is 1.89 bits per heavy atom. The fraction of sp³-hybridized carbons (Fsp3) is 0.259. The van der Waals surface area contributed by atoms with Crippen molar-refractivity contribution in [1.82, 2.24) is 19.8 Å². The van der Waals surface area contributed by atoms with Gasteiger partial charge in [0.05, 0.1) is 11.3 Å². The number of para-hydroxylation sites is 1. The molecule has 1 unspecified atom stereocenters. The molecule has 0 spiro atoms. The minimum Gasteiger partial charge on any atom is -0.457 e. The summed E-state index contributed by atoms with van der Waals surface area (Å²) < 4.78 is 5.85. The Morgan fingerprint density at radius 1 is 1.17 bits per heavy atom. The number of rotatable bonds is 9. The van der Waals surface area contributed by atoms with E-state index in [0.29, 0.717) is 42.3 Å². The van der Waals surface area contributed by atoms with Crippen molar-refractivity contribution in [3.05, 3.63) is 84.2 Å². The van der Waals surface area contributed by atoms with Gasteiger partial charge in [0.1, 0.15) is 29.5 Å². The lowest BCUT2D eigenvalue weighted by atomic mass is 10.0. The van der Waals surface area contributed by atoms with Crippen LogP contribution < -0.4 is 15.8 Å². The van der Waals surface area contributed by atoms with Crippen LogP contribution in [0.15, 0.2) is 73.1 Å². The Labute approximate surface area is 211 Å². The van der Waals surface area contributed by atoms with Crippen LogP contribution in [-0.4, -0.2) is 71.2 Å². The van der Waals surface area contributed by atoms with E-state index in [9.17, 15) is 4.79 Å². The summed E-state index contributed by atoms with van der Waals surface area (Å²) in [6.07, 6.45) is 5.64. The zero-order valence-electron chi connectivity index (χ0n) is 20.5. The molecule has 1 atom stereocenters. The molecule has 9 nitrogen and oxygen atoms in total. The van der Waals surface area contributed by atoms with Crippen LogP contribution in [0, 0.1) is 5.41 Å². The van der Waals surface area contributed by atoms with Crippen molar-refractivity contribution in [2.45, 2.75) is 12.5 Å².